The summed E-state index contributed by atoms with van der Waals surface area (Å²) in [5.41, 5.74) is -0.0595. The lowest BCUT2D eigenvalue weighted by Crippen LogP contribution is -2.48. The highest BCUT2D eigenvalue weighted by Gasteiger charge is 2.57. The molecule has 0 amide bonds. The smallest absolute Gasteiger partial charge is 0.357 e. The van der Waals surface area contributed by atoms with Crippen molar-refractivity contribution in [3.63, 3.8) is 0 Å². The van der Waals surface area contributed by atoms with Gasteiger partial charge in [-0.25, -0.2) is 4.79 Å². The van der Waals surface area contributed by atoms with Gasteiger partial charge in [-0.3, -0.25) is 4.79 Å². The molecule has 0 radical (unpaired) electrons. The fourth-order valence-corrected chi connectivity index (χ4v) is 6.11. The number of hydrogen-bond donors (Lipinski definition) is 0. The van der Waals surface area contributed by atoms with E-state index in [1.54, 1.807) is 17.2 Å². The van der Waals surface area contributed by atoms with Crippen molar-refractivity contribution in [3.8, 4) is 0 Å². The van der Waals surface area contributed by atoms with Gasteiger partial charge in [0.05, 0.1) is 11.6 Å². The van der Waals surface area contributed by atoms with Gasteiger partial charge in [-0.05, 0) is 63.5 Å². The molecule has 0 bridgehead atoms. The van der Waals surface area contributed by atoms with Crippen LogP contribution in [0, 0.1) is 17.8 Å². The van der Waals surface area contributed by atoms with Gasteiger partial charge in [0.1, 0.15) is 11.6 Å². The molecule has 5 nitrogen and oxygen atoms in total. The largest absolute Gasteiger partial charge is 0.459 e. The number of nitrogens with zero attached hydrogens (tertiary/aromatic N) is 1. The third kappa shape index (κ3) is 4.97. The first kappa shape index (κ1) is 22.3. The second-order valence-corrected chi connectivity index (χ2v) is 10.6. The predicted octanol–water partition coefficient (Wildman–Crippen LogP) is 5.54. The molecular weight excluding hydrogens is 390 g/mol. The fourth-order valence-electron chi connectivity index (χ4n) is 6.11. The van der Waals surface area contributed by atoms with Crippen LogP contribution in [0.25, 0.3) is 0 Å². The molecule has 1 heterocycles. The van der Waals surface area contributed by atoms with Crippen LogP contribution in [0.4, 0.5) is 0 Å². The van der Waals surface area contributed by atoms with Crippen LogP contribution in [-0.4, -0.2) is 34.7 Å². The summed E-state index contributed by atoms with van der Waals surface area (Å²) < 4.78 is 5.89. The number of hydrogen-bond acceptors (Lipinski definition) is 5. The number of esters is 1. The number of fused-ring (bicyclic) bond motifs is 1. The predicted molar refractivity (Wildman–Crippen MR) is 119 cm³/mol. The van der Waals surface area contributed by atoms with Crippen LogP contribution in [0.5, 0.6) is 0 Å². The van der Waals surface area contributed by atoms with Crippen molar-refractivity contribution in [2.75, 3.05) is 0 Å². The molecule has 0 spiro atoms. The summed E-state index contributed by atoms with van der Waals surface area (Å²) in [4.78, 5) is 32.6. The zero-order chi connectivity index (χ0) is 22.0. The molecule has 4 unspecified atom stereocenters. The lowest BCUT2D eigenvalue weighted by atomic mass is 9.68. The number of benzene rings is 1. The molecular formula is C26H37NO4. The molecule has 1 saturated heterocycles. The highest BCUT2D eigenvalue weighted by Crippen LogP contribution is 2.50. The third-order valence-electron chi connectivity index (χ3n) is 7.28. The Hall–Kier alpha value is -1.88. The number of hydroxylamine groups is 2. The second-order valence-electron chi connectivity index (χ2n) is 10.6. The Bertz CT molecular complexity index is 765. The number of carbonyl (C=O) groups excluding carboxylic acids is 2. The van der Waals surface area contributed by atoms with Crippen molar-refractivity contribution in [3.05, 3.63) is 35.9 Å². The topological polar surface area (TPSA) is 55.8 Å². The molecule has 31 heavy (non-hydrogen) atoms. The highest BCUT2D eigenvalue weighted by atomic mass is 16.7. The summed E-state index contributed by atoms with van der Waals surface area (Å²) in [5.74, 6) is 0.459. The lowest BCUT2D eigenvalue weighted by Gasteiger charge is -2.36. The minimum Gasteiger partial charge on any atom is -0.459 e. The van der Waals surface area contributed by atoms with Crippen LogP contribution < -0.4 is 0 Å². The molecule has 2 saturated carbocycles. The van der Waals surface area contributed by atoms with E-state index >= 15 is 0 Å². The van der Waals surface area contributed by atoms with E-state index in [0.717, 1.165) is 32.1 Å². The minimum absolute atomic E-state index is 0.103. The van der Waals surface area contributed by atoms with E-state index in [1.165, 1.54) is 25.7 Å². The van der Waals surface area contributed by atoms with Gasteiger partial charge in [-0.1, -0.05) is 63.1 Å². The summed E-state index contributed by atoms with van der Waals surface area (Å²) in [6.45, 7) is 5.72. The van der Waals surface area contributed by atoms with Crippen LogP contribution in [0.3, 0.4) is 0 Å². The van der Waals surface area contributed by atoms with Gasteiger partial charge in [0.2, 0.25) is 0 Å². The number of carbonyl (C=O) groups is 2. The van der Waals surface area contributed by atoms with Gasteiger partial charge in [-0.2, -0.15) is 0 Å². The molecule has 3 fully saturated rings. The summed E-state index contributed by atoms with van der Waals surface area (Å²) >= 11 is 0. The van der Waals surface area contributed by atoms with Crippen molar-refractivity contribution in [1.82, 2.24) is 5.06 Å². The van der Waals surface area contributed by atoms with Crippen molar-refractivity contribution in [1.29, 1.82) is 0 Å². The van der Waals surface area contributed by atoms with Crippen molar-refractivity contribution < 1.29 is 19.2 Å². The van der Waals surface area contributed by atoms with Crippen LogP contribution in [0.15, 0.2) is 30.3 Å². The molecule has 1 aliphatic heterocycles. The SMILES string of the molecule is CC(C)(C)OC(=O)C1C(C2CCCCC2)C2CCCCC2N1OC(=O)c1ccccc1. The minimum atomic E-state index is -0.572. The standard InChI is InChI=1S/C26H37NO4/c1-26(2,3)30-25(29)23-22(18-12-6-4-7-13-18)20-16-10-11-17-21(20)27(23)31-24(28)19-14-8-5-9-15-19/h5,8-9,14-15,18,20-23H,4,6-7,10-13,16-17H2,1-3H3. The number of rotatable bonds is 4. The van der Waals surface area contributed by atoms with Crippen LogP contribution in [0.1, 0.15) is 88.9 Å². The summed E-state index contributed by atoms with van der Waals surface area (Å²) in [5, 5.41) is 1.77. The fraction of sp³-hybridized carbons (Fsp3) is 0.692. The maximum Gasteiger partial charge on any atom is 0.357 e. The van der Waals surface area contributed by atoms with E-state index < -0.39 is 11.6 Å². The summed E-state index contributed by atoms with van der Waals surface area (Å²) in [7, 11) is 0. The molecule has 0 aromatic heterocycles. The van der Waals surface area contributed by atoms with E-state index in [9.17, 15) is 9.59 Å². The third-order valence-corrected chi connectivity index (χ3v) is 7.28. The Morgan fingerprint density at radius 2 is 1.55 bits per heavy atom. The van der Waals surface area contributed by atoms with Crippen molar-refractivity contribution in [2.45, 2.75) is 96.2 Å². The molecule has 4 rings (SSSR count). The first-order chi connectivity index (χ1) is 14.8. The van der Waals surface area contributed by atoms with Gasteiger partial charge in [-0.15, -0.1) is 5.06 Å². The zero-order valence-corrected chi connectivity index (χ0v) is 19.2. The molecule has 170 valence electrons. The van der Waals surface area contributed by atoms with Crippen molar-refractivity contribution >= 4 is 11.9 Å². The Morgan fingerprint density at radius 1 is 0.903 bits per heavy atom. The van der Waals surface area contributed by atoms with Gasteiger partial charge in [0.15, 0.2) is 0 Å². The van der Waals surface area contributed by atoms with E-state index in [1.807, 2.05) is 39.0 Å². The molecule has 4 atom stereocenters. The molecule has 2 aliphatic carbocycles. The Labute approximate surface area is 186 Å². The second kappa shape index (κ2) is 9.32. The highest BCUT2D eigenvalue weighted by molar-refractivity contribution is 5.89. The van der Waals surface area contributed by atoms with Gasteiger partial charge < -0.3 is 9.57 Å². The lowest BCUT2D eigenvalue weighted by molar-refractivity contribution is -0.190. The molecule has 5 heteroatoms. The van der Waals surface area contributed by atoms with Gasteiger partial charge in [0.25, 0.3) is 0 Å². The average Bonchev–Trinajstić information content (AvgIpc) is 3.08. The zero-order valence-electron chi connectivity index (χ0n) is 19.2. The summed E-state index contributed by atoms with van der Waals surface area (Å²) in [6.07, 6.45) is 10.4. The summed E-state index contributed by atoms with van der Waals surface area (Å²) in [6, 6.07) is 8.66. The van der Waals surface area contributed by atoms with Crippen molar-refractivity contribution in [2.24, 2.45) is 17.8 Å². The normalized spacial score (nSPS) is 29.9. The Morgan fingerprint density at radius 3 is 2.23 bits per heavy atom. The molecule has 1 aromatic rings. The van der Waals surface area contributed by atoms with E-state index in [0.29, 0.717) is 17.4 Å². The van der Waals surface area contributed by atoms with E-state index in [-0.39, 0.29) is 23.9 Å². The van der Waals surface area contributed by atoms with Crippen LogP contribution >= 0.6 is 0 Å². The first-order valence-corrected chi connectivity index (χ1v) is 12.1. The Balaban J connectivity index is 1.66. The Kier molecular flexibility index (Phi) is 6.71. The van der Waals surface area contributed by atoms with E-state index in [2.05, 4.69) is 0 Å². The molecule has 3 aliphatic rings. The van der Waals surface area contributed by atoms with E-state index in [4.69, 9.17) is 9.57 Å². The van der Waals surface area contributed by atoms with Gasteiger partial charge in [0, 0.05) is 0 Å². The number of ether oxygens (including phenoxy) is 1. The van der Waals surface area contributed by atoms with Gasteiger partial charge >= 0.3 is 11.9 Å². The van der Waals surface area contributed by atoms with Crippen LogP contribution in [0.2, 0.25) is 0 Å². The molecule has 1 aromatic carbocycles. The first-order valence-electron chi connectivity index (χ1n) is 12.1. The molecule has 0 N–H and O–H groups in total. The monoisotopic (exact) mass is 427 g/mol. The quantitative estimate of drug-likeness (QED) is 0.591. The maximum atomic E-state index is 13.5. The maximum absolute atomic E-state index is 13.5. The average molecular weight is 428 g/mol. The van der Waals surface area contributed by atoms with Crippen LogP contribution in [-0.2, 0) is 14.4 Å².